The number of hydrogen-bond donors (Lipinski definition) is 0. The Labute approximate surface area is 129 Å². The van der Waals surface area contributed by atoms with Crippen LogP contribution in [0, 0.1) is 5.92 Å². The Morgan fingerprint density at radius 2 is 1.64 bits per heavy atom. The van der Waals surface area contributed by atoms with Crippen LogP contribution in [0.2, 0.25) is 0 Å². The number of rotatable bonds is 5. The fraction of sp³-hybridized carbons (Fsp3) is 0.438. The Kier molecular flexibility index (Phi) is 4.32. The smallest absolute Gasteiger partial charge is 0.340 e. The molecule has 6 heteroatoms. The van der Waals surface area contributed by atoms with Gasteiger partial charge in [-0.05, 0) is 31.9 Å². The van der Waals surface area contributed by atoms with Gasteiger partial charge in [0.15, 0.2) is 5.60 Å². The van der Waals surface area contributed by atoms with E-state index in [-0.39, 0.29) is 23.7 Å². The fourth-order valence-corrected chi connectivity index (χ4v) is 1.93. The van der Waals surface area contributed by atoms with Crippen molar-refractivity contribution in [1.29, 1.82) is 0 Å². The number of hydroxylamine groups is 2. The third kappa shape index (κ3) is 3.01. The van der Waals surface area contributed by atoms with Crippen molar-refractivity contribution < 1.29 is 24.0 Å². The van der Waals surface area contributed by atoms with Crippen molar-refractivity contribution in [2.24, 2.45) is 5.92 Å². The number of fused-ring (bicyclic) bond motifs is 1. The summed E-state index contributed by atoms with van der Waals surface area (Å²) in [6.45, 7) is 6.97. The van der Waals surface area contributed by atoms with E-state index in [1.165, 1.54) is 13.8 Å². The number of carbonyl (C=O) groups is 3. The summed E-state index contributed by atoms with van der Waals surface area (Å²) in [5.74, 6) is -1.60. The maximum absolute atomic E-state index is 12.2. The number of nitrogens with zero attached hydrogens (tertiary/aromatic N) is 1. The first kappa shape index (κ1) is 16.2. The minimum atomic E-state index is -1.44. The van der Waals surface area contributed by atoms with E-state index in [0.29, 0.717) is 5.06 Å². The normalized spacial score (nSPS) is 14.5. The van der Waals surface area contributed by atoms with Crippen LogP contribution in [0.3, 0.4) is 0 Å². The van der Waals surface area contributed by atoms with Gasteiger partial charge in [-0.3, -0.25) is 9.59 Å². The summed E-state index contributed by atoms with van der Waals surface area (Å²) < 4.78 is 5.11. The third-order valence-corrected chi connectivity index (χ3v) is 3.12. The molecule has 0 aromatic heterocycles. The molecule has 0 atom stereocenters. The highest BCUT2D eigenvalue weighted by Crippen LogP contribution is 2.26. The number of amides is 2. The van der Waals surface area contributed by atoms with E-state index in [0.717, 1.165) is 0 Å². The first-order chi connectivity index (χ1) is 10.2. The molecule has 2 amide bonds. The molecule has 0 bridgehead atoms. The van der Waals surface area contributed by atoms with E-state index < -0.39 is 23.4 Å². The van der Waals surface area contributed by atoms with Crippen molar-refractivity contribution in [3.05, 3.63) is 35.4 Å². The van der Waals surface area contributed by atoms with Crippen LogP contribution in [0.15, 0.2) is 24.3 Å². The number of esters is 1. The monoisotopic (exact) mass is 305 g/mol. The standard InChI is InChI=1S/C16H19NO5/c1-10(2)9-21-15(20)16(3,4)22-17-13(18)11-7-5-6-8-12(11)14(17)19/h5-8,10H,9H2,1-4H3. The van der Waals surface area contributed by atoms with E-state index in [9.17, 15) is 14.4 Å². The Bertz CT molecular complexity index is 586. The molecule has 6 nitrogen and oxygen atoms in total. The molecule has 0 N–H and O–H groups in total. The molecule has 0 unspecified atom stereocenters. The van der Waals surface area contributed by atoms with Gasteiger partial charge in [0.05, 0.1) is 17.7 Å². The van der Waals surface area contributed by atoms with E-state index >= 15 is 0 Å². The molecule has 0 spiro atoms. The van der Waals surface area contributed by atoms with Crippen molar-refractivity contribution in [3.63, 3.8) is 0 Å². The molecule has 1 aliphatic heterocycles. The molecule has 0 saturated heterocycles. The second kappa shape index (κ2) is 5.88. The molecule has 118 valence electrons. The Hall–Kier alpha value is -2.21. The molecule has 1 heterocycles. The van der Waals surface area contributed by atoms with Crippen LogP contribution < -0.4 is 0 Å². The molecule has 0 radical (unpaired) electrons. The molecule has 1 aromatic carbocycles. The highest BCUT2D eigenvalue weighted by Gasteiger charge is 2.43. The van der Waals surface area contributed by atoms with Crippen molar-refractivity contribution in [2.75, 3.05) is 6.61 Å². The molecule has 22 heavy (non-hydrogen) atoms. The summed E-state index contributed by atoms with van der Waals surface area (Å²) in [5.41, 5.74) is -0.917. The second-order valence-corrected chi connectivity index (χ2v) is 6.04. The summed E-state index contributed by atoms with van der Waals surface area (Å²) >= 11 is 0. The lowest BCUT2D eigenvalue weighted by atomic mass is 10.1. The number of benzene rings is 1. The number of ether oxygens (including phenoxy) is 1. The molecule has 2 rings (SSSR count). The summed E-state index contributed by atoms with van der Waals surface area (Å²) in [6, 6.07) is 6.41. The van der Waals surface area contributed by atoms with E-state index in [1.54, 1.807) is 24.3 Å². The van der Waals surface area contributed by atoms with Gasteiger partial charge in [-0.15, -0.1) is 5.06 Å². The Balaban J connectivity index is 2.12. The average molecular weight is 305 g/mol. The zero-order valence-electron chi connectivity index (χ0n) is 13.1. The third-order valence-electron chi connectivity index (χ3n) is 3.12. The van der Waals surface area contributed by atoms with Gasteiger partial charge < -0.3 is 4.74 Å². The zero-order valence-corrected chi connectivity index (χ0v) is 13.1. The molecular formula is C16H19NO5. The van der Waals surface area contributed by atoms with Crippen LogP contribution in [0.5, 0.6) is 0 Å². The summed E-state index contributed by atoms with van der Waals surface area (Å²) in [6.07, 6.45) is 0. The van der Waals surface area contributed by atoms with Gasteiger partial charge in [-0.2, -0.15) is 0 Å². The minimum Gasteiger partial charge on any atom is -0.463 e. The summed E-state index contributed by atoms with van der Waals surface area (Å²) in [4.78, 5) is 41.8. The summed E-state index contributed by atoms with van der Waals surface area (Å²) in [7, 11) is 0. The van der Waals surface area contributed by atoms with Crippen LogP contribution in [-0.2, 0) is 14.4 Å². The SMILES string of the molecule is CC(C)COC(=O)C(C)(C)ON1C(=O)c2ccccc2C1=O. The van der Waals surface area contributed by atoms with Crippen LogP contribution in [0.4, 0.5) is 0 Å². The zero-order chi connectivity index (χ0) is 16.5. The van der Waals surface area contributed by atoms with Crippen molar-refractivity contribution in [2.45, 2.75) is 33.3 Å². The molecule has 1 aromatic rings. The maximum Gasteiger partial charge on any atom is 0.340 e. The molecule has 1 aliphatic rings. The van der Waals surface area contributed by atoms with Crippen molar-refractivity contribution >= 4 is 17.8 Å². The Morgan fingerprint density at radius 1 is 1.14 bits per heavy atom. The van der Waals surface area contributed by atoms with Crippen LogP contribution in [-0.4, -0.2) is 35.1 Å². The lowest BCUT2D eigenvalue weighted by Gasteiger charge is -2.27. The van der Waals surface area contributed by atoms with Crippen LogP contribution in [0.25, 0.3) is 0 Å². The first-order valence-electron chi connectivity index (χ1n) is 7.08. The predicted octanol–water partition coefficient (Wildman–Crippen LogP) is 2.19. The van der Waals surface area contributed by atoms with Crippen molar-refractivity contribution in [3.8, 4) is 0 Å². The van der Waals surface area contributed by atoms with Crippen LogP contribution in [0.1, 0.15) is 48.4 Å². The minimum absolute atomic E-state index is 0.180. The first-order valence-corrected chi connectivity index (χ1v) is 7.08. The highest BCUT2D eigenvalue weighted by atomic mass is 16.7. The second-order valence-electron chi connectivity index (χ2n) is 6.04. The number of hydrogen-bond acceptors (Lipinski definition) is 5. The quantitative estimate of drug-likeness (QED) is 0.616. The van der Waals surface area contributed by atoms with Crippen molar-refractivity contribution in [1.82, 2.24) is 5.06 Å². The van der Waals surface area contributed by atoms with Gasteiger partial charge in [0.2, 0.25) is 0 Å². The van der Waals surface area contributed by atoms with Gasteiger partial charge in [-0.25, -0.2) is 9.63 Å². The van der Waals surface area contributed by atoms with Gasteiger partial charge in [-0.1, -0.05) is 26.0 Å². The number of imide groups is 1. The predicted molar refractivity (Wildman–Crippen MR) is 77.9 cm³/mol. The molecular weight excluding hydrogens is 286 g/mol. The van der Waals surface area contributed by atoms with E-state index in [2.05, 4.69) is 0 Å². The number of carbonyl (C=O) groups excluding carboxylic acids is 3. The van der Waals surface area contributed by atoms with E-state index in [4.69, 9.17) is 9.57 Å². The largest absolute Gasteiger partial charge is 0.463 e. The Morgan fingerprint density at radius 3 is 2.09 bits per heavy atom. The molecule has 0 saturated carbocycles. The molecule has 0 aliphatic carbocycles. The van der Waals surface area contributed by atoms with Gasteiger partial charge in [0.25, 0.3) is 11.8 Å². The van der Waals surface area contributed by atoms with Gasteiger partial charge >= 0.3 is 5.97 Å². The summed E-state index contributed by atoms with van der Waals surface area (Å²) in [5, 5.41) is 0.626. The lowest BCUT2D eigenvalue weighted by Crippen LogP contribution is -2.45. The highest BCUT2D eigenvalue weighted by molar-refractivity contribution is 6.20. The van der Waals surface area contributed by atoms with Gasteiger partial charge in [0, 0.05) is 0 Å². The fourth-order valence-electron chi connectivity index (χ4n) is 1.93. The van der Waals surface area contributed by atoms with Gasteiger partial charge in [0.1, 0.15) is 0 Å². The van der Waals surface area contributed by atoms with Crippen LogP contribution >= 0.6 is 0 Å². The van der Waals surface area contributed by atoms with E-state index in [1.807, 2.05) is 13.8 Å². The molecule has 0 fully saturated rings. The maximum atomic E-state index is 12.2. The average Bonchev–Trinajstić information content (AvgIpc) is 2.70. The lowest BCUT2D eigenvalue weighted by molar-refractivity contribution is -0.204. The topological polar surface area (TPSA) is 72.9 Å².